The van der Waals surface area contributed by atoms with E-state index in [0.29, 0.717) is 29.1 Å². The summed E-state index contributed by atoms with van der Waals surface area (Å²) in [6.07, 6.45) is -2.40. The van der Waals surface area contributed by atoms with Crippen molar-refractivity contribution in [3.63, 3.8) is 0 Å². The molecule has 0 saturated carbocycles. The number of alkyl halides is 3. The van der Waals surface area contributed by atoms with Crippen molar-refractivity contribution in [3.8, 4) is 11.1 Å². The van der Waals surface area contributed by atoms with Crippen molar-refractivity contribution in [1.29, 1.82) is 0 Å². The number of ether oxygens (including phenoxy) is 3. The molecule has 15 heteroatoms. The van der Waals surface area contributed by atoms with E-state index in [4.69, 9.17) is 19.2 Å². The summed E-state index contributed by atoms with van der Waals surface area (Å²) in [5.41, 5.74) is 8.42. The normalized spacial score (nSPS) is 13.1. The summed E-state index contributed by atoms with van der Waals surface area (Å²) in [5, 5.41) is 5.64. The molecule has 1 aliphatic rings. The zero-order valence-electron chi connectivity index (χ0n) is 44.2. The lowest BCUT2D eigenvalue weighted by Gasteiger charge is -2.35. The molecule has 1 aromatic heterocycles. The molecule has 0 saturated heterocycles. The topological polar surface area (TPSA) is 136 Å². The zero-order valence-corrected chi connectivity index (χ0v) is 45.1. The molecule has 2 N–H and O–H groups in total. The Morgan fingerprint density at radius 2 is 1.24 bits per heavy atom. The SMILES string of the molecule is COC(=O)CN(Cc1ccc(C(F)(F)F)cc1)Cc1cccc(CNC(=O)CC(C=CCCSC(c2ccccc2)(c2ccccc2)c2ccccc2)OC(=O)C(NC(=O)OCC2c3ccccc3-c3ccccc32)C(C)C)n1. The Kier molecular flexibility index (Phi) is 19.6. The Hall–Kier alpha value is -8.01. The molecule has 1 aliphatic carbocycles. The van der Waals surface area contributed by atoms with E-state index in [9.17, 15) is 32.3 Å². The zero-order chi connectivity index (χ0) is 55.8. The fourth-order valence-corrected chi connectivity index (χ4v) is 11.3. The molecule has 6 aromatic carbocycles. The number of thioether (sulfide) groups is 1. The van der Waals surface area contributed by atoms with Crippen LogP contribution in [0.4, 0.5) is 18.0 Å². The molecular formula is C64H63F3N4O7S. The minimum atomic E-state index is -4.49. The lowest BCUT2D eigenvalue weighted by atomic mass is 9.84. The Morgan fingerprint density at radius 1 is 0.684 bits per heavy atom. The molecule has 0 bridgehead atoms. The number of methoxy groups -OCH3 is 1. The summed E-state index contributed by atoms with van der Waals surface area (Å²) in [7, 11) is 1.25. The minimum Gasteiger partial charge on any atom is -0.468 e. The highest BCUT2D eigenvalue weighted by molar-refractivity contribution is 8.00. The second-order valence-electron chi connectivity index (χ2n) is 19.5. The number of esters is 2. The molecule has 2 amide bonds. The van der Waals surface area contributed by atoms with Gasteiger partial charge in [-0.2, -0.15) is 13.2 Å². The summed E-state index contributed by atoms with van der Waals surface area (Å²) in [6.45, 7) is 3.75. The molecule has 7 aromatic rings. The molecule has 2 atom stereocenters. The van der Waals surface area contributed by atoms with Gasteiger partial charge in [-0.05, 0) is 92.9 Å². The van der Waals surface area contributed by atoms with Gasteiger partial charge in [0, 0.05) is 19.0 Å². The van der Waals surface area contributed by atoms with Gasteiger partial charge in [-0.1, -0.05) is 178 Å². The number of nitrogens with zero attached hydrogens (tertiary/aromatic N) is 2. The molecule has 79 heavy (non-hydrogen) atoms. The predicted molar refractivity (Wildman–Crippen MR) is 300 cm³/mol. The van der Waals surface area contributed by atoms with Gasteiger partial charge in [0.25, 0.3) is 0 Å². The fourth-order valence-electron chi connectivity index (χ4n) is 9.79. The van der Waals surface area contributed by atoms with Crippen LogP contribution in [-0.4, -0.2) is 72.0 Å². The van der Waals surface area contributed by atoms with Crippen LogP contribution in [0.15, 0.2) is 194 Å². The number of carbonyl (C=O) groups is 4. The van der Waals surface area contributed by atoms with Gasteiger partial charge in [0.1, 0.15) is 18.8 Å². The van der Waals surface area contributed by atoms with Crippen LogP contribution in [0.2, 0.25) is 0 Å². The van der Waals surface area contributed by atoms with Gasteiger partial charge in [-0.15, -0.1) is 11.8 Å². The van der Waals surface area contributed by atoms with Crippen molar-refractivity contribution in [2.75, 3.05) is 26.0 Å². The van der Waals surface area contributed by atoms with Crippen molar-refractivity contribution in [3.05, 3.63) is 244 Å². The first-order valence-corrected chi connectivity index (χ1v) is 27.2. The molecule has 0 radical (unpaired) electrons. The van der Waals surface area contributed by atoms with Gasteiger partial charge in [0.15, 0.2) is 0 Å². The lowest BCUT2D eigenvalue weighted by Crippen LogP contribution is -2.47. The van der Waals surface area contributed by atoms with Gasteiger partial charge >= 0.3 is 24.2 Å². The third kappa shape index (κ3) is 15.0. The van der Waals surface area contributed by atoms with Gasteiger partial charge < -0.3 is 24.8 Å². The standard InChI is InChI=1S/C64H63F3N4O7S/c1-44(2)60(70-62(75)77-43-57-55-31-15-13-29-53(55)54-30-14-16-32-56(54)57)61(74)78-52(28-17-18-37-79-63(46-20-7-4-8-21-46,47-22-9-5-10-23-47)48-24-11-6-12-25-48)38-58(72)68-39-50-26-19-27-51(69-50)41-71(42-59(73)76-3)40-45-33-35-49(36-34-45)64(65,66)67/h4-17,19-36,44,52,57,60H,18,37-43H2,1-3H3,(H,68,72)(H,70,75). The third-order valence-electron chi connectivity index (χ3n) is 13.7. The van der Waals surface area contributed by atoms with Crippen LogP contribution in [0.3, 0.4) is 0 Å². The second-order valence-corrected chi connectivity index (χ2v) is 20.8. The van der Waals surface area contributed by atoms with E-state index >= 15 is 0 Å². The van der Waals surface area contributed by atoms with E-state index in [1.807, 2.05) is 97.1 Å². The first-order chi connectivity index (χ1) is 38.2. The highest BCUT2D eigenvalue weighted by atomic mass is 32.2. The Bertz CT molecular complexity index is 3040. The molecule has 2 unspecified atom stereocenters. The average molecular weight is 1090 g/mol. The summed E-state index contributed by atoms with van der Waals surface area (Å²) in [4.78, 5) is 60.4. The Balaban J connectivity index is 0.962. The quantitative estimate of drug-likeness (QED) is 0.0198. The molecule has 8 rings (SSSR count). The summed E-state index contributed by atoms with van der Waals surface area (Å²) in [6, 6.07) is 55.9. The first-order valence-electron chi connectivity index (χ1n) is 26.2. The van der Waals surface area contributed by atoms with Gasteiger partial charge in [0.05, 0.1) is 48.3 Å². The maximum atomic E-state index is 14.2. The molecule has 11 nitrogen and oxygen atoms in total. The van der Waals surface area contributed by atoms with Crippen LogP contribution in [0, 0.1) is 5.92 Å². The molecule has 0 aliphatic heterocycles. The minimum absolute atomic E-state index is 0.00208. The maximum Gasteiger partial charge on any atom is 0.416 e. The van der Waals surface area contributed by atoms with Crippen LogP contribution in [-0.2, 0) is 59.2 Å². The smallest absolute Gasteiger partial charge is 0.416 e. The molecular weight excluding hydrogens is 1030 g/mol. The highest BCUT2D eigenvalue weighted by Crippen LogP contribution is 2.49. The molecule has 0 spiro atoms. The number of fused-ring (bicyclic) bond motifs is 3. The van der Waals surface area contributed by atoms with Gasteiger partial charge in [-0.25, -0.2) is 9.59 Å². The highest BCUT2D eigenvalue weighted by Gasteiger charge is 2.37. The van der Waals surface area contributed by atoms with Crippen LogP contribution in [0.5, 0.6) is 0 Å². The average Bonchev–Trinajstić information content (AvgIpc) is 3.99. The number of allylic oxidation sites excluding steroid dienone is 1. The number of nitrogens with one attached hydrogen (secondary N) is 2. The van der Waals surface area contributed by atoms with E-state index in [1.54, 1.807) is 54.8 Å². The monoisotopic (exact) mass is 1090 g/mol. The largest absolute Gasteiger partial charge is 0.468 e. The van der Waals surface area contributed by atoms with E-state index < -0.39 is 58.5 Å². The molecule has 0 fully saturated rings. The number of pyridine rings is 1. The number of halogens is 3. The molecule has 408 valence electrons. The Morgan fingerprint density at radius 3 is 1.80 bits per heavy atom. The fraction of sp³-hybridized carbons (Fsp3) is 0.266. The van der Waals surface area contributed by atoms with Gasteiger partial charge in [-0.3, -0.25) is 19.5 Å². The van der Waals surface area contributed by atoms with E-state index in [2.05, 4.69) is 59.2 Å². The summed E-state index contributed by atoms with van der Waals surface area (Å²) >= 11 is 1.78. The molecule has 1 heterocycles. The number of hydrogen-bond donors (Lipinski definition) is 2. The van der Waals surface area contributed by atoms with Crippen molar-refractivity contribution >= 4 is 35.7 Å². The number of alkyl carbamates (subject to hydrolysis) is 1. The predicted octanol–water partition coefficient (Wildman–Crippen LogP) is 12.4. The van der Waals surface area contributed by atoms with Crippen molar-refractivity contribution in [2.24, 2.45) is 5.92 Å². The van der Waals surface area contributed by atoms with Crippen LogP contribution < -0.4 is 10.6 Å². The third-order valence-corrected chi connectivity index (χ3v) is 15.3. The lowest BCUT2D eigenvalue weighted by molar-refractivity contribution is -0.151. The second kappa shape index (κ2) is 27.0. The van der Waals surface area contributed by atoms with Crippen LogP contribution >= 0.6 is 11.8 Å². The summed E-state index contributed by atoms with van der Waals surface area (Å²) in [5.74, 6) is -1.68. The van der Waals surface area contributed by atoms with E-state index in [0.717, 1.165) is 51.1 Å². The van der Waals surface area contributed by atoms with Crippen molar-refractivity contribution < 1.29 is 46.6 Å². The Labute approximate surface area is 463 Å². The number of hydrogen-bond acceptors (Lipinski definition) is 10. The number of benzene rings is 6. The number of aromatic nitrogens is 1. The van der Waals surface area contributed by atoms with Crippen molar-refractivity contribution in [1.82, 2.24) is 20.5 Å². The maximum absolute atomic E-state index is 14.2. The number of rotatable bonds is 24. The van der Waals surface area contributed by atoms with E-state index in [1.165, 1.54) is 19.2 Å². The van der Waals surface area contributed by atoms with E-state index in [-0.39, 0.29) is 45.1 Å². The van der Waals surface area contributed by atoms with Gasteiger partial charge in [0.2, 0.25) is 5.91 Å². The van der Waals surface area contributed by atoms with Crippen LogP contribution in [0.25, 0.3) is 11.1 Å². The summed E-state index contributed by atoms with van der Waals surface area (Å²) < 4.78 is 56.1. The first kappa shape index (κ1) is 57.2. The van der Waals surface area contributed by atoms with Crippen LogP contribution in [0.1, 0.15) is 82.9 Å². The number of carbonyl (C=O) groups excluding carboxylic acids is 4. The van der Waals surface area contributed by atoms with Crippen molar-refractivity contribution in [2.45, 2.75) is 75.3 Å². The number of amides is 2.